The smallest absolute Gasteiger partial charge is 0.229 e. The minimum Gasteiger partial charge on any atom is -0.496 e. The van der Waals surface area contributed by atoms with Crippen LogP contribution < -0.4 is 92.2 Å². The van der Waals surface area contributed by atoms with E-state index in [-0.39, 0.29) is 12.2 Å². The molecule has 724 valence electrons. The van der Waals surface area contributed by atoms with Gasteiger partial charge in [0.15, 0.2) is 17.5 Å². The molecule has 8 N–H and O–H groups in total. The van der Waals surface area contributed by atoms with Gasteiger partial charge in [-0.15, -0.1) is 0 Å². The highest BCUT2D eigenvalue weighted by molar-refractivity contribution is 7.71. The summed E-state index contributed by atoms with van der Waals surface area (Å²) in [7, 11) is 1.36. The first-order chi connectivity index (χ1) is 65.5. The number of aliphatic hydroxyl groups excluding tert-OH is 1. The zero-order valence-corrected chi connectivity index (χ0v) is 86.0. The lowest BCUT2D eigenvalue weighted by atomic mass is 10.1. The fourth-order valence-corrected chi connectivity index (χ4v) is 21.2. The standard InChI is InChI=1S/C27H35N6O2P.C24H30ClN6O2P.C24H29ClN5O3P.C24H29ClN5O2P/c1-32-13-15-33(16-14-32)20-11-12-22(24(17-20)35-2)30-27-28-18-21(19-9-10-19)26(31-27)29-23-7-5-6-8-25(23)36(3,4)34;1-30-10-12-31(13-11-30)18-8-7-17(21(15-18)33-2)14-22-27-16-19(25)23(29-22)28-20-6-5-9-26-24(20)34(3,4)32;1-33-21-14-16(30-12-10-17(31)11-13-30)8-9-19(21)28-24-26-15-18(25)23(29-24)27-20-6-4-5-7-22(20)34(2,3)32;1-16-13-17(32-18-11-12-30(2)15-18)9-10-20(16)28-24-26-14-19(25)23(29-24)27-21-7-5-6-8-22(21)33(3,4)31/h5-8,11-12,17-19H,9-10,13-16H2,1-4H3,(H2,28,29,30,31);5-9,15-16H,10-14H2,1-4H3,(H,27,28,29);4-9,14-15,17,31H,10-13H2,1-3H3,(H2,26,27,28,29);5-10,13-14,18H,11-12,15H2,1-4H3,(H2,26,27,28,29). The molecule has 1 atom stereocenters. The van der Waals surface area contributed by atoms with E-state index in [1.165, 1.54) is 6.20 Å². The molecule has 9 heterocycles. The van der Waals surface area contributed by atoms with Gasteiger partial charge in [0.05, 0.1) is 80.1 Å². The topological polar surface area (TPSA) is 345 Å². The third kappa shape index (κ3) is 27.7. The number of aliphatic hydroxyl groups is 1. The van der Waals surface area contributed by atoms with Crippen LogP contribution in [-0.2, 0) is 24.7 Å². The number of piperazine rings is 2. The molecule has 38 heteroatoms. The third-order valence-corrected chi connectivity index (χ3v) is 30.9. The number of anilines is 17. The third-order valence-electron chi connectivity index (χ3n) is 24.0. The summed E-state index contributed by atoms with van der Waals surface area (Å²) in [5.74, 6) is 7.40. The number of aryl methyl sites for hydroxylation is 1. The monoisotopic (exact) mass is 1990 g/mol. The molecular formula is C99H123Cl3N22O9P4. The van der Waals surface area contributed by atoms with Crippen LogP contribution in [0.15, 0.2) is 189 Å². The fourth-order valence-electron chi connectivity index (χ4n) is 16.3. The van der Waals surface area contributed by atoms with Crippen molar-refractivity contribution in [3.63, 3.8) is 0 Å². The Morgan fingerprint density at radius 1 is 0.394 bits per heavy atom. The molecule has 31 nitrogen and oxygen atoms in total. The van der Waals surface area contributed by atoms with Crippen molar-refractivity contribution in [2.75, 3.05) is 226 Å². The second-order valence-corrected chi connectivity index (χ2v) is 50.1. The van der Waals surface area contributed by atoms with Gasteiger partial charge in [0.1, 0.15) is 89.8 Å². The van der Waals surface area contributed by atoms with Gasteiger partial charge >= 0.3 is 0 Å². The van der Waals surface area contributed by atoms with Gasteiger partial charge in [-0.05, 0) is 222 Å². The van der Waals surface area contributed by atoms with Crippen LogP contribution in [0.4, 0.5) is 98.0 Å². The molecule has 12 aromatic rings. The van der Waals surface area contributed by atoms with E-state index in [9.17, 15) is 23.4 Å². The van der Waals surface area contributed by atoms with Crippen LogP contribution in [-0.4, -0.2) is 251 Å². The second-order valence-electron chi connectivity index (χ2n) is 36.2. The van der Waals surface area contributed by atoms with E-state index < -0.39 is 28.6 Å². The molecule has 137 heavy (non-hydrogen) atoms. The van der Waals surface area contributed by atoms with Crippen molar-refractivity contribution < 1.29 is 42.3 Å². The van der Waals surface area contributed by atoms with Crippen molar-refractivity contribution in [1.82, 2.24) is 59.6 Å². The van der Waals surface area contributed by atoms with Gasteiger partial charge in [0, 0.05) is 165 Å². The molecule has 0 bridgehead atoms. The number of nitrogens with zero attached hydrogens (tertiary/aromatic N) is 15. The van der Waals surface area contributed by atoms with Gasteiger partial charge in [0.25, 0.3) is 0 Å². The van der Waals surface area contributed by atoms with Gasteiger partial charge in [-0.2, -0.15) is 15.0 Å². The predicted molar refractivity (Wildman–Crippen MR) is 564 cm³/mol. The number of likely N-dealkylation sites (N-methyl/N-ethyl adjacent to an activating group) is 3. The number of halogens is 3. The average Bonchev–Trinajstić information content (AvgIpc) is 1.58. The number of piperidine rings is 1. The number of hydrogen-bond acceptors (Lipinski definition) is 31. The normalized spacial score (nSPS) is 15.7. The van der Waals surface area contributed by atoms with E-state index in [0.717, 1.165) is 200 Å². The Balaban J connectivity index is 0.000000146. The molecule has 0 amide bonds. The molecule has 5 aliphatic rings. The summed E-state index contributed by atoms with van der Waals surface area (Å²) in [6.07, 6.45) is 13.5. The molecule has 1 unspecified atom stereocenters. The number of ether oxygens (including phenoxy) is 4. The molecule has 1 saturated carbocycles. The summed E-state index contributed by atoms with van der Waals surface area (Å²) >= 11 is 19.1. The van der Waals surface area contributed by atoms with Gasteiger partial charge in [-0.1, -0.05) is 77.3 Å². The van der Waals surface area contributed by atoms with Crippen LogP contribution in [0.1, 0.15) is 60.5 Å². The lowest BCUT2D eigenvalue weighted by Gasteiger charge is -2.34. The van der Waals surface area contributed by atoms with Gasteiger partial charge in [-0.25, -0.2) is 24.9 Å². The van der Waals surface area contributed by atoms with Gasteiger partial charge in [0.2, 0.25) is 17.8 Å². The molecule has 0 radical (unpaired) electrons. The molecule has 4 saturated heterocycles. The highest BCUT2D eigenvalue weighted by Crippen LogP contribution is 2.47. The summed E-state index contributed by atoms with van der Waals surface area (Å²) in [6.45, 7) is 27.7. The van der Waals surface area contributed by atoms with Crippen LogP contribution >= 0.6 is 63.4 Å². The number of benzene rings is 7. The van der Waals surface area contributed by atoms with E-state index >= 15 is 0 Å². The average molecular weight is 2000 g/mol. The van der Waals surface area contributed by atoms with E-state index in [0.29, 0.717) is 102 Å². The Hall–Kier alpha value is -11.2. The van der Waals surface area contributed by atoms with Crippen molar-refractivity contribution in [3.8, 4) is 23.0 Å². The molecule has 17 rings (SSSR count). The lowest BCUT2D eigenvalue weighted by molar-refractivity contribution is 0.145. The Bertz CT molecular complexity index is 6240. The van der Waals surface area contributed by atoms with E-state index in [4.69, 9.17) is 58.7 Å². The number of likely N-dealkylation sites (tertiary alicyclic amines) is 1. The number of rotatable bonds is 29. The predicted octanol–water partition coefficient (Wildman–Crippen LogP) is 18.8. The van der Waals surface area contributed by atoms with Crippen molar-refractivity contribution in [1.29, 1.82) is 0 Å². The van der Waals surface area contributed by atoms with E-state index in [1.807, 2.05) is 134 Å². The maximum absolute atomic E-state index is 12.9. The summed E-state index contributed by atoms with van der Waals surface area (Å²) in [5.41, 5.74) is 12.2. The number of hydrogen-bond donors (Lipinski definition) is 8. The first-order valence-corrected chi connectivity index (χ1v) is 57.1. The summed E-state index contributed by atoms with van der Waals surface area (Å²) in [6, 6.07) is 50.6. The Kier molecular flexibility index (Phi) is 33.9. The minimum atomic E-state index is -2.59. The van der Waals surface area contributed by atoms with Gasteiger partial charge in [-0.3, -0.25) is 4.98 Å². The number of aromatic nitrogens is 9. The SMILES string of the molecule is COc1cc(N2CCC(O)CC2)ccc1Nc1ncc(Cl)c(Nc2ccccc2P(C)(C)=O)n1.COc1cc(N2CCN(C)CC2)ccc1Cc1ncc(Cl)c(Nc2cccnc2P(C)(C)=O)n1.COc1cc(N2CCN(C)CC2)ccc1Nc1ncc(C2CC2)c(Nc2ccccc2P(C)(C)=O)n1.Cc1cc(OC2CCN(C)C2)ccc1Nc1ncc(Cl)c(Nc2ccccc2P(C)(C)=O)n1. The highest BCUT2D eigenvalue weighted by atomic mass is 35.5. The molecule has 5 fully saturated rings. The molecular weight excluding hydrogens is 1870 g/mol. The first-order valence-electron chi connectivity index (χ1n) is 45.5. The Morgan fingerprint density at radius 3 is 1.27 bits per heavy atom. The molecule has 0 spiro atoms. The lowest BCUT2D eigenvalue weighted by Crippen LogP contribution is -2.44. The number of nitrogens with one attached hydrogen (secondary N) is 7. The maximum atomic E-state index is 12.9. The highest BCUT2D eigenvalue weighted by Gasteiger charge is 2.31. The summed E-state index contributed by atoms with van der Waals surface area (Å²) < 4.78 is 74.1. The molecule has 7 aromatic carbocycles. The molecule has 1 aliphatic carbocycles. The molecule has 4 aliphatic heterocycles. The van der Waals surface area contributed by atoms with Crippen LogP contribution in [0.5, 0.6) is 23.0 Å². The zero-order chi connectivity index (χ0) is 97.5. The van der Waals surface area contributed by atoms with E-state index in [1.54, 1.807) is 99.3 Å². The summed E-state index contributed by atoms with van der Waals surface area (Å²) in [4.78, 5) is 54.5. The van der Waals surface area contributed by atoms with Crippen LogP contribution in [0.25, 0.3) is 0 Å². The fraction of sp³-hybridized carbons (Fsp3) is 0.364. The minimum absolute atomic E-state index is 0.225. The van der Waals surface area contributed by atoms with Crippen molar-refractivity contribution in [2.45, 2.75) is 63.6 Å². The van der Waals surface area contributed by atoms with Crippen LogP contribution in [0.2, 0.25) is 15.1 Å². The van der Waals surface area contributed by atoms with Crippen LogP contribution in [0, 0.1) is 6.92 Å². The molecule has 5 aromatic heterocycles. The largest absolute Gasteiger partial charge is 0.496 e. The van der Waals surface area contributed by atoms with Crippen LogP contribution in [0.3, 0.4) is 0 Å². The Labute approximate surface area is 818 Å². The second kappa shape index (κ2) is 45.6. The Morgan fingerprint density at radius 2 is 0.810 bits per heavy atom. The van der Waals surface area contributed by atoms with Crippen molar-refractivity contribution >= 4 is 183 Å². The quantitative estimate of drug-likeness (QED) is 0.0202. The number of para-hydroxylation sites is 3. The number of pyridine rings is 1. The first kappa shape index (κ1) is 102. The van der Waals surface area contributed by atoms with Crippen molar-refractivity contribution in [3.05, 3.63) is 226 Å². The number of methoxy groups -OCH3 is 3. The zero-order valence-electron chi connectivity index (χ0n) is 80.2. The maximum Gasteiger partial charge on any atom is 0.229 e. The van der Waals surface area contributed by atoms with E-state index in [2.05, 4.69) is 158 Å². The van der Waals surface area contributed by atoms with Crippen molar-refractivity contribution in [2.24, 2.45) is 0 Å². The summed E-state index contributed by atoms with van der Waals surface area (Å²) in [5, 5.41) is 36.1. The van der Waals surface area contributed by atoms with Gasteiger partial charge < -0.3 is 109 Å².